The molecule has 0 spiro atoms. The van der Waals surface area contributed by atoms with Gasteiger partial charge in [-0.05, 0) is 22.8 Å². The maximum absolute atomic E-state index is 10.8. The number of aromatic nitrogens is 1. The van der Waals surface area contributed by atoms with Gasteiger partial charge in [-0.15, -0.1) is 0 Å². The lowest BCUT2D eigenvalue weighted by Crippen LogP contribution is -1.92. The summed E-state index contributed by atoms with van der Waals surface area (Å²) in [4.78, 5) is 13.6. The second-order valence-corrected chi connectivity index (χ2v) is 4.16. The molecule has 1 heterocycles. The number of fused-ring (bicyclic) bond motifs is 1. The van der Waals surface area contributed by atoms with Crippen molar-refractivity contribution < 1.29 is 8.63 Å². The highest BCUT2D eigenvalue weighted by molar-refractivity contribution is 8.08. The van der Waals surface area contributed by atoms with Gasteiger partial charge < -0.3 is 4.42 Å². The maximum Gasteiger partial charge on any atom is 0.417 e. The first kappa shape index (κ1) is 8.52. The Bertz CT molecular complexity index is 530. The first-order valence-electron chi connectivity index (χ1n) is 3.38. The molecule has 0 aliphatic rings. The molecule has 0 bridgehead atoms. The highest BCUT2D eigenvalue weighted by atomic mass is 35.7. The molecule has 68 valence electrons. The van der Waals surface area contributed by atoms with E-state index < -0.39 is 15.8 Å². The van der Waals surface area contributed by atoms with E-state index >= 15 is 0 Å². The fourth-order valence-corrected chi connectivity index (χ4v) is 1.69. The van der Waals surface area contributed by atoms with Crippen LogP contribution in [0.2, 0.25) is 0 Å². The van der Waals surface area contributed by atoms with Crippen LogP contribution in [0, 0.1) is 0 Å². The first-order valence-corrected chi connectivity index (χ1v) is 5.35. The number of hydrogen-bond donors (Lipinski definition) is 1. The molecular weight excluding hydrogens is 214 g/mol. The summed E-state index contributed by atoms with van der Waals surface area (Å²) in [6, 6.07) is 4.63. The highest BCUT2D eigenvalue weighted by Crippen LogP contribution is 2.16. The van der Waals surface area contributed by atoms with E-state index in [1.807, 2.05) is 0 Å². The van der Waals surface area contributed by atoms with E-state index in [0.29, 0.717) is 16.0 Å². The van der Waals surface area contributed by atoms with Crippen molar-refractivity contribution in [3.8, 4) is 0 Å². The Morgan fingerprint density at radius 3 is 2.92 bits per heavy atom. The number of halogens is 1. The van der Waals surface area contributed by atoms with Crippen LogP contribution in [-0.4, -0.2) is 9.19 Å². The van der Waals surface area contributed by atoms with Gasteiger partial charge in [0, 0.05) is 6.07 Å². The minimum atomic E-state index is -1.58. The van der Waals surface area contributed by atoms with Crippen molar-refractivity contribution in [3.63, 3.8) is 0 Å². The predicted octanol–water partition coefficient (Wildman–Crippen LogP) is 1.38. The number of nitrogens with one attached hydrogen (secondary N) is 1. The largest absolute Gasteiger partial charge is 0.417 e. The lowest BCUT2D eigenvalue weighted by atomic mass is 10.3. The van der Waals surface area contributed by atoms with Crippen molar-refractivity contribution in [1.29, 1.82) is 0 Å². The number of H-pyrrole nitrogens is 1. The van der Waals surface area contributed by atoms with Crippen molar-refractivity contribution in [2.45, 2.75) is 4.90 Å². The first-order chi connectivity index (χ1) is 6.16. The highest BCUT2D eigenvalue weighted by Gasteiger charge is 2.04. The number of oxazole rings is 1. The second kappa shape index (κ2) is 3.01. The summed E-state index contributed by atoms with van der Waals surface area (Å²) in [5.41, 5.74) is 0.923. The fourth-order valence-electron chi connectivity index (χ4n) is 1.03. The number of rotatable bonds is 1. The monoisotopic (exact) mass is 217 g/mol. The molecule has 1 N–H and O–H groups in total. The van der Waals surface area contributed by atoms with Gasteiger partial charge in [-0.2, -0.15) is 0 Å². The van der Waals surface area contributed by atoms with E-state index in [-0.39, 0.29) is 0 Å². The summed E-state index contributed by atoms with van der Waals surface area (Å²) in [7, 11) is 3.77. The van der Waals surface area contributed by atoms with Crippen LogP contribution in [0.1, 0.15) is 0 Å². The van der Waals surface area contributed by atoms with Gasteiger partial charge in [0.2, 0.25) is 0 Å². The van der Waals surface area contributed by atoms with Crippen LogP contribution in [0.15, 0.2) is 32.3 Å². The van der Waals surface area contributed by atoms with Gasteiger partial charge >= 0.3 is 5.76 Å². The van der Waals surface area contributed by atoms with Crippen molar-refractivity contribution in [2.24, 2.45) is 0 Å². The molecule has 1 unspecified atom stereocenters. The molecule has 6 heteroatoms. The quantitative estimate of drug-likeness (QED) is 0.734. The minimum Gasteiger partial charge on any atom is -0.408 e. The lowest BCUT2D eigenvalue weighted by Gasteiger charge is -1.91. The van der Waals surface area contributed by atoms with Gasteiger partial charge in [0.05, 0.1) is 10.4 Å². The Morgan fingerprint density at radius 2 is 2.23 bits per heavy atom. The normalized spacial score (nSPS) is 13.3. The van der Waals surface area contributed by atoms with Crippen LogP contribution >= 0.6 is 10.7 Å². The molecule has 0 saturated heterocycles. The lowest BCUT2D eigenvalue weighted by molar-refractivity contribution is 0.554. The van der Waals surface area contributed by atoms with Gasteiger partial charge in [-0.3, -0.25) is 4.98 Å². The van der Waals surface area contributed by atoms with Gasteiger partial charge in [0.15, 0.2) is 5.58 Å². The molecule has 13 heavy (non-hydrogen) atoms. The Kier molecular flexibility index (Phi) is 1.97. The van der Waals surface area contributed by atoms with Crippen LogP contribution in [-0.2, 0) is 10.0 Å². The van der Waals surface area contributed by atoms with Gasteiger partial charge in [-0.1, -0.05) is 0 Å². The summed E-state index contributed by atoms with van der Waals surface area (Å²) in [6.07, 6.45) is 0. The summed E-state index contributed by atoms with van der Waals surface area (Å²) < 4.78 is 15.6. The maximum atomic E-state index is 10.8. The molecule has 1 aromatic heterocycles. The molecule has 0 radical (unpaired) electrons. The van der Waals surface area contributed by atoms with E-state index in [0.717, 1.165) is 0 Å². The van der Waals surface area contributed by atoms with E-state index in [1.54, 1.807) is 12.1 Å². The zero-order chi connectivity index (χ0) is 9.42. The topological polar surface area (TPSA) is 63.1 Å². The van der Waals surface area contributed by atoms with Crippen LogP contribution in [0.3, 0.4) is 0 Å². The molecule has 1 aromatic carbocycles. The van der Waals surface area contributed by atoms with Crippen molar-refractivity contribution in [3.05, 3.63) is 28.7 Å². The predicted molar refractivity (Wildman–Crippen MR) is 49.1 cm³/mol. The molecule has 4 nitrogen and oxygen atoms in total. The Morgan fingerprint density at radius 1 is 1.46 bits per heavy atom. The Labute approximate surface area is 79.5 Å². The third-order valence-corrected chi connectivity index (χ3v) is 2.74. The summed E-state index contributed by atoms with van der Waals surface area (Å²) in [5.74, 6) is -0.535. The smallest absolute Gasteiger partial charge is 0.408 e. The molecule has 0 amide bonds. The van der Waals surface area contributed by atoms with Gasteiger partial charge in [0.25, 0.3) is 0 Å². The van der Waals surface area contributed by atoms with Crippen LogP contribution in [0.25, 0.3) is 11.1 Å². The standard InChI is InChI=1S/C7H4ClNO3S/c8-13(11)4-1-2-5-6(3-4)12-7(10)9-5/h1-3H,(H,9,10). The third kappa shape index (κ3) is 1.52. The van der Waals surface area contributed by atoms with E-state index in [1.165, 1.54) is 6.07 Å². The summed E-state index contributed by atoms with van der Waals surface area (Å²) in [6.45, 7) is 0. The molecule has 2 aromatic rings. The molecule has 0 saturated carbocycles. The van der Waals surface area contributed by atoms with Crippen molar-refractivity contribution in [2.75, 3.05) is 0 Å². The Hall–Kier alpha value is -1.07. The van der Waals surface area contributed by atoms with E-state index in [4.69, 9.17) is 15.1 Å². The minimum absolute atomic E-state index is 0.358. The Balaban J connectivity index is 2.74. The summed E-state index contributed by atoms with van der Waals surface area (Å²) >= 11 is 0. The second-order valence-electron chi connectivity index (χ2n) is 2.40. The van der Waals surface area contributed by atoms with Gasteiger partial charge in [0.1, 0.15) is 10.0 Å². The van der Waals surface area contributed by atoms with E-state index in [9.17, 15) is 9.00 Å². The van der Waals surface area contributed by atoms with Crippen molar-refractivity contribution >= 4 is 31.8 Å². The molecule has 0 fully saturated rings. The third-order valence-electron chi connectivity index (χ3n) is 1.58. The molecule has 0 aliphatic carbocycles. The van der Waals surface area contributed by atoms with E-state index in [2.05, 4.69) is 4.98 Å². The fraction of sp³-hybridized carbons (Fsp3) is 0. The number of hydrogen-bond acceptors (Lipinski definition) is 3. The molecule has 0 aliphatic heterocycles. The van der Waals surface area contributed by atoms with Gasteiger partial charge in [-0.25, -0.2) is 9.00 Å². The summed E-state index contributed by atoms with van der Waals surface area (Å²) in [5, 5.41) is 0. The number of benzene rings is 1. The number of aromatic amines is 1. The van der Waals surface area contributed by atoms with Crippen LogP contribution < -0.4 is 5.76 Å². The zero-order valence-electron chi connectivity index (χ0n) is 6.24. The molecule has 1 atom stereocenters. The zero-order valence-corrected chi connectivity index (χ0v) is 7.82. The van der Waals surface area contributed by atoms with Crippen LogP contribution in [0.5, 0.6) is 0 Å². The average molecular weight is 218 g/mol. The SMILES string of the molecule is O=c1[nH]c2ccc(S(=O)Cl)cc2o1. The molecule has 2 rings (SSSR count). The van der Waals surface area contributed by atoms with Crippen molar-refractivity contribution in [1.82, 2.24) is 4.98 Å². The van der Waals surface area contributed by atoms with Crippen LogP contribution in [0.4, 0.5) is 0 Å². The molecular formula is C7H4ClNO3S. The average Bonchev–Trinajstić information content (AvgIpc) is 2.42.